The average molecular weight is 220 g/mol. The number of aromatic nitrogens is 2. The third-order valence-electron chi connectivity index (χ3n) is 3.10. The first-order valence-electron chi connectivity index (χ1n) is 6.04. The van der Waals surface area contributed by atoms with Gasteiger partial charge in [0.05, 0.1) is 0 Å². The first kappa shape index (κ1) is 11.2. The molecule has 4 heteroatoms. The lowest BCUT2D eigenvalue weighted by Gasteiger charge is -2.10. The number of anilines is 2. The van der Waals surface area contributed by atoms with E-state index in [0.29, 0.717) is 0 Å². The van der Waals surface area contributed by atoms with E-state index in [2.05, 4.69) is 20.6 Å². The lowest BCUT2D eigenvalue weighted by molar-refractivity contribution is 0.686. The summed E-state index contributed by atoms with van der Waals surface area (Å²) in [5.41, 5.74) is 1.09. The zero-order valence-corrected chi connectivity index (χ0v) is 10.1. The highest BCUT2D eigenvalue weighted by molar-refractivity contribution is 5.55. The van der Waals surface area contributed by atoms with E-state index in [1.165, 1.54) is 25.7 Å². The predicted molar refractivity (Wildman–Crippen MR) is 66.8 cm³/mol. The number of nitrogens with one attached hydrogen (secondary N) is 2. The first-order valence-corrected chi connectivity index (χ1v) is 6.04. The van der Waals surface area contributed by atoms with Crippen LogP contribution in [0.5, 0.6) is 0 Å². The van der Waals surface area contributed by atoms with Gasteiger partial charge < -0.3 is 10.6 Å². The first-order chi connectivity index (χ1) is 7.81. The summed E-state index contributed by atoms with van der Waals surface area (Å²) in [6.45, 7) is 3.05. The van der Waals surface area contributed by atoms with Gasteiger partial charge in [-0.15, -0.1) is 0 Å². The number of nitrogens with zero attached hydrogens (tertiary/aromatic N) is 2. The fourth-order valence-electron chi connectivity index (χ4n) is 1.88. The highest BCUT2D eigenvalue weighted by atomic mass is 15.1. The van der Waals surface area contributed by atoms with Crippen LogP contribution in [-0.2, 0) is 0 Å². The lowest BCUT2D eigenvalue weighted by atomic mass is 10.2. The molecule has 16 heavy (non-hydrogen) atoms. The van der Waals surface area contributed by atoms with Crippen molar-refractivity contribution in [2.24, 2.45) is 5.92 Å². The molecule has 0 amide bonds. The van der Waals surface area contributed by atoms with E-state index in [4.69, 9.17) is 0 Å². The quantitative estimate of drug-likeness (QED) is 0.723. The molecule has 0 atom stereocenters. The molecular weight excluding hydrogens is 200 g/mol. The Morgan fingerprint density at radius 1 is 1.31 bits per heavy atom. The van der Waals surface area contributed by atoms with E-state index in [-0.39, 0.29) is 0 Å². The summed E-state index contributed by atoms with van der Waals surface area (Å²) < 4.78 is 0. The molecule has 0 radical (unpaired) electrons. The van der Waals surface area contributed by atoms with E-state index in [1.54, 1.807) is 6.33 Å². The summed E-state index contributed by atoms with van der Waals surface area (Å²) in [7, 11) is 1.88. The van der Waals surface area contributed by atoms with E-state index in [0.717, 1.165) is 29.7 Å². The van der Waals surface area contributed by atoms with Crippen molar-refractivity contribution in [2.45, 2.75) is 32.6 Å². The van der Waals surface area contributed by atoms with Gasteiger partial charge in [0.15, 0.2) is 0 Å². The van der Waals surface area contributed by atoms with Crippen molar-refractivity contribution < 1.29 is 0 Å². The van der Waals surface area contributed by atoms with Gasteiger partial charge in [0.25, 0.3) is 0 Å². The molecule has 0 aliphatic heterocycles. The smallest absolute Gasteiger partial charge is 0.134 e. The van der Waals surface area contributed by atoms with Crippen molar-refractivity contribution in [3.8, 4) is 0 Å². The van der Waals surface area contributed by atoms with Crippen molar-refractivity contribution in [1.29, 1.82) is 0 Å². The second-order valence-corrected chi connectivity index (χ2v) is 4.46. The van der Waals surface area contributed by atoms with Gasteiger partial charge in [-0.1, -0.05) is 12.8 Å². The van der Waals surface area contributed by atoms with Gasteiger partial charge in [0.1, 0.15) is 18.0 Å². The minimum Gasteiger partial charge on any atom is -0.373 e. The number of hydrogen-bond acceptors (Lipinski definition) is 4. The van der Waals surface area contributed by atoms with Crippen LogP contribution in [0.4, 0.5) is 11.6 Å². The van der Waals surface area contributed by atoms with Crippen LogP contribution < -0.4 is 10.6 Å². The van der Waals surface area contributed by atoms with E-state index in [1.807, 2.05) is 14.0 Å². The molecule has 0 spiro atoms. The zero-order chi connectivity index (χ0) is 11.4. The molecule has 4 nitrogen and oxygen atoms in total. The monoisotopic (exact) mass is 220 g/mol. The Morgan fingerprint density at radius 3 is 2.75 bits per heavy atom. The second-order valence-electron chi connectivity index (χ2n) is 4.46. The van der Waals surface area contributed by atoms with Crippen molar-refractivity contribution in [3.05, 3.63) is 11.9 Å². The van der Waals surface area contributed by atoms with E-state index in [9.17, 15) is 0 Å². The maximum absolute atomic E-state index is 4.26. The minimum absolute atomic E-state index is 0.902. The molecule has 2 N–H and O–H groups in total. The Morgan fingerprint density at radius 2 is 2.06 bits per heavy atom. The van der Waals surface area contributed by atoms with Gasteiger partial charge in [-0.2, -0.15) is 0 Å². The van der Waals surface area contributed by atoms with Crippen molar-refractivity contribution in [3.63, 3.8) is 0 Å². The summed E-state index contributed by atoms with van der Waals surface area (Å²) in [5.74, 6) is 2.87. The van der Waals surface area contributed by atoms with Crippen LogP contribution in [0.3, 0.4) is 0 Å². The Kier molecular flexibility index (Phi) is 3.59. The van der Waals surface area contributed by atoms with E-state index >= 15 is 0 Å². The molecule has 1 saturated carbocycles. The Labute approximate surface area is 96.9 Å². The maximum atomic E-state index is 4.26. The largest absolute Gasteiger partial charge is 0.373 e. The van der Waals surface area contributed by atoms with Crippen molar-refractivity contribution in [1.82, 2.24) is 9.97 Å². The summed E-state index contributed by atoms with van der Waals surface area (Å²) in [4.78, 5) is 8.42. The third kappa shape index (κ3) is 2.84. The Balaban J connectivity index is 1.82. The Hall–Kier alpha value is -1.32. The molecule has 1 aromatic rings. The fourth-order valence-corrected chi connectivity index (χ4v) is 1.88. The van der Waals surface area contributed by atoms with Gasteiger partial charge in [-0.05, 0) is 25.7 Å². The molecule has 1 aliphatic carbocycles. The SMILES string of the molecule is CNc1ncnc(NCCCC2CC2)c1C. The summed E-state index contributed by atoms with van der Waals surface area (Å²) >= 11 is 0. The molecule has 1 aliphatic rings. The molecule has 0 unspecified atom stereocenters. The fraction of sp³-hybridized carbons (Fsp3) is 0.667. The molecule has 1 aromatic heterocycles. The van der Waals surface area contributed by atoms with Gasteiger partial charge in [-0.3, -0.25) is 0 Å². The maximum Gasteiger partial charge on any atom is 0.134 e. The van der Waals surface area contributed by atoms with Crippen LogP contribution in [0, 0.1) is 12.8 Å². The van der Waals surface area contributed by atoms with Gasteiger partial charge in [0.2, 0.25) is 0 Å². The summed E-state index contributed by atoms with van der Waals surface area (Å²) in [6, 6.07) is 0. The topological polar surface area (TPSA) is 49.8 Å². The number of rotatable bonds is 6. The second kappa shape index (κ2) is 5.14. The van der Waals surface area contributed by atoms with Crippen molar-refractivity contribution >= 4 is 11.6 Å². The summed E-state index contributed by atoms with van der Waals surface area (Å²) in [6.07, 6.45) is 7.08. The molecule has 0 aromatic carbocycles. The molecule has 1 heterocycles. The third-order valence-corrected chi connectivity index (χ3v) is 3.10. The minimum atomic E-state index is 0.902. The van der Waals surface area contributed by atoms with Gasteiger partial charge in [-0.25, -0.2) is 9.97 Å². The predicted octanol–water partition coefficient (Wildman–Crippen LogP) is 2.43. The molecule has 88 valence electrons. The number of hydrogen-bond donors (Lipinski definition) is 2. The van der Waals surface area contributed by atoms with Crippen LogP contribution in [-0.4, -0.2) is 23.6 Å². The summed E-state index contributed by atoms with van der Waals surface area (Å²) in [5, 5.41) is 6.44. The van der Waals surface area contributed by atoms with Crippen LogP contribution in [0.2, 0.25) is 0 Å². The van der Waals surface area contributed by atoms with Crippen LogP contribution in [0.1, 0.15) is 31.2 Å². The lowest BCUT2D eigenvalue weighted by Crippen LogP contribution is -2.07. The highest BCUT2D eigenvalue weighted by Crippen LogP contribution is 2.33. The standard InChI is InChI=1S/C12H20N4/c1-9-11(13-2)15-8-16-12(9)14-7-3-4-10-5-6-10/h8,10H,3-7H2,1-2H3,(H2,13,14,15,16). The zero-order valence-electron chi connectivity index (χ0n) is 10.1. The molecule has 1 fully saturated rings. The van der Waals surface area contributed by atoms with Crippen LogP contribution in [0.25, 0.3) is 0 Å². The normalized spacial score (nSPS) is 14.9. The molecule has 0 saturated heterocycles. The van der Waals surface area contributed by atoms with Crippen LogP contribution in [0.15, 0.2) is 6.33 Å². The molecule has 2 rings (SSSR count). The molecule has 0 bridgehead atoms. The Bertz CT molecular complexity index is 347. The van der Waals surface area contributed by atoms with E-state index < -0.39 is 0 Å². The van der Waals surface area contributed by atoms with Gasteiger partial charge in [0, 0.05) is 19.2 Å². The average Bonchev–Trinajstić information content (AvgIpc) is 3.10. The molecular formula is C12H20N4. The highest BCUT2D eigenvalue weighted by Gasteiger charge is 2.19. The van der Waals surface area contributed by atoms with Crippen LogP contribution >= 0.6 is 0 Å². The van der Waals surface area contributed by atoms with Gasteiger partial charge >= 0.3 is 0 Å². The van der Waals surface area contributed by atoms with Crippen molar-refractivity contribution in [2.75, 3.05) is 24.2 Å².